The lowest BCUT2D eigenvalue weighted by Gasteiger charge is -2.40. The van der Waals surface area contributed by atoms with Gasteiger partial charge in [-0.25, -0.2) is 0 Å². The van der Waals surface area contributed by atoms with Gasteiger partial charge < -0.3 is 10.1 Å². The van der Waals surface area contributed by atoms with Crippen LogP contribution in [0.4, 0.5) is 0 Å². The first-order chi connectivity index (χ1) is 7.73. The van der Waals surface area contributed by atoms with Crippen LogP contribution < -0.4 is 5.32 Å². The van der Waals surface area contributed by atoms with Gasteiger partial charge in [-0.1, -0.05) is 34.6 Å². The Morgan fingerprint density at radius 2 is 1.94 bits per heavy atom. The van der Waals surface area contributed by atoms with Gasteiger partial charge in [0, 0.05) is 12.6 Å². The van der Waals surface area contributed by atoms with Gasteiger partial charge in [0.25, 0.3) is 0 Å². The second-order valence-corrected chi connectivity index (χ2v) is 7.52. The van der Waals surface area contributed by atoms with Gasteiger partial charge in [-0.15, -0.1) is 0 Å². The van der Waals surface area contributed by atoms with E-state index in [-0.39, 0.29) is 0 Å². The SMILES string of the molecule is CNC1CCC(C)(C)CC1OCCC(C)(C)C. The lowest BCUT2D eigenvalue weighted by Crippen LogP contribution is -2.46. The number of ether oxygens (including phenoxy) is 1. The smallest absolute Gasteiger partial charge is 0.0733 e. The van der Waals surface area contributed by atoms with Crippen molar-refractivity contribution in [2.24, 2.45) is 10.8 Å². The lowest BCUT2D eigenvalue weighted by atomic mass is 9.74. The molecular weight excluding hydrogens is 210 g/mol. The first-order valence-electron chi connectivity index (χ1n) is 7.02. The third kappa shape index (κ3) is 5.39. The molecule has 1 rings (SSSR count). The molecule has 1 fully saturated rings. The molecule has 0 aromatic carbocycles. The predicted octanol–water partition coefficient (Wildman–Crippen LogP) is 3.61. The zero-order chi connectivity index (χ0) is 13.1. The molecule has 1 aliphatic carbocycles. The van der Waals surface area contributed by atoms with E-state index in [9.17, 15) is 0 Å². The summed E-state index contributed by atoms with van der Waals surface area (Å²) >= 11 is 0. The topological polar surface area (TPSA) is 21.3 Å². The number of likely N-dealkylation sites (N-methyl/N-ethyl adjacent to an activating group) is 1. The van der Waals surface area contributed by atoms with Crippen LogP contribution in [0.1, 0.15) is 60.3 Å². The van der Waals surface area contributed by atoms with E-state index < -0.39 is 0 Å². The fourth-order valence-corrected chi connectivity index (χ4v) is 2.54. The fraction of sp³-hybridized carbons (Fsp3) is 1.00. The average Bonchev–Trinajstić information content (AvgIpc) is 2.15. The second-order valence-electron chi connectivity index (χ2n) is 7.52. The molecule has 0 radical (unpaired) electrons. The first kappa shape index (κ1) is 15.0. The maximum Gasteiger partial charge on any atom is 0.0733 e. The molecule has 0 heterocycles. The van der Waals surface area contributed by atoms with Gasteiger partial charge in [-0.05, 0) is 43.6 Å². The highest BCUT2D eigenvalue weighted by molar-refractivity contribution is 4.89. The van der Waals surface area contributed by atoms with E-state index in [1.807, 2.05) is 0 Å². The highest BCUT2D eigenvalue weighted by Gasteiger charge is 2.34. The zero-order valence-corrected chi connectivity index (χ0v) is 12.6. The van der Waals surface area contributed by atoms with Crippen molar-refractivity contribution in [3.05, 3.63) is 0 Å². The predicted molar refractivity (Wildman–Crippen MR) is 74.3 cm³/mol. The van der Waals surface area contributed by atoms with Gasteiger partial charge in [0.15, 0.2) is 0 Å². The van der Waals surface area contributed by atoms with Crippen molar-refractivity contribution in [1.82, 2.24) is 5.32 Å². The van der Waals surface area contributed by atoms with Gasteiger partial charge in [0.1, 0.15) is 0 Å². The van der Waals surface area contributed by atoms with Crippen LogP contribution in [0, 0.1) is 10.8 Å². The number of hydrogen-bond donors (Lipinski definition) is 1. The van der Waals surface area contributed by atoms with Crippen LogP contribution in [0.25, 0.3) is 0 Å². The summed E-state index contributed by atoms with van der Waals surface area (Å²) in [7, 11) is 2.06. The molecule has 0 aromatic rings. The fourth-order valence-electron chi connectivity index (χ4n) is 2.54. The van der Waals surface area contributed by atoms with Crippen LogP contribution >= 0.6 is 0 Å². The summed E-state index contributed by atoms with van der Waals surface area (Å²) in [5.41, 5.74) is 0.819. The van der Waals surface area contributed by atoms with Crippen LogP contribution in [0.15, 0.2) is 0 Å². The van der Waals surface area contributed by atoms with Gasteiger partial charge in [-0.3, -0.25) is 0 Å². The van der Waals surface area contributed by atoms with E-state index >= 15 is 0 Å². The zero-order valence-electron chi connectivity index (χ0n) is 12.6. The molecular formula is C15H31NO. The minimum absolute atomic E-state index is 0.374. The lowest BCUT2D eigenvalue weighted by molar-refractivity contribution is -0.0338. The van der Waals surface area contributed by atoms with E-state index in [4.69, 9.17) is 4.74 Å². The van der Waals surface area contributed by atoms with Crippen molar-refractivity contribution in [2.75, 3.05) is 13.7 Å². The van der Waals surface area contributed by atoms with Gasteiger partial charge in [0.05, 0.1) is 6.10 Å². The van der Waals surface area contributed by atoms with Crippen LogP contribution in [0.3, 0.4) is 0 Å². The largest absolute Gasteiger partial charge is 0.377 e. The maximum absolute atomic E-state index is 6.14. The first-order valence-corrected chi connectivity index (χ1v) is 7.02. The highest BCUT2D eigenvalue weighted by atomic mass is 16.5. The summed E-state index contributed by atoms with van der Waals surface area (Å²) < 4.78 is 6.14. The number of nitrogens with one attached hydrogen (secondary N) is 1. The summed E-state index contributed by atoms with van der Waals surface area (Å²) in [6.45, 7) is 12.4. The molecule has 0 amide bonds. The molecule has 1 aliphatic rings. The Kier molecular flexibility index (Phi) is 5.03. The molecule has 17 heavy (non-hydrogen) atoms. The molecule has 2 unspecified atom stereocenters. The van der Waals surface area contributed by atoms with Crippen LogP contribution in [0.2, 0.25) is 0 Å². The Labute approximate surface area is 108 Å². The maximum atomic E-state index is 6.14. The molecule has 2 atom stereocenters. The van der Waals surface area contributed by atoms with Crippen LogP contribution in [-0.4, -0.2) is 25.8 Å². The van der Waals surface area contributed by atoms with Crippen LogP contribution in [0.5, 0.6) is 0 Å². The van der Waals surface area contributed by atoms with Gasteiger partial charge in [0.2, 0.25) is 0 Å². The molecule has 1 saturated carbocycles. The van der Waals surface area contributed by atoms with Crippen molar-refractivity contribution in [3.63, 3.8) is 0 Å². The molecule has 102 valence electrons. The minimum Gasteiger partial charge on any atom is -0.377 e. The van der Waals surface area contributed by atoms with Crippen molar-refractivity contribution in [3.8, 4) is 0 Å². The highest BCUT2D eigenvalue weighted by Crippen LogP contribution is 2.36. The van der Waals surface area contributed by atoms with Crippen molar-refractivity contribution in [2.45, 2.75) is 72.4 Å². The molecule has 2 nitrogen and oxygen atoms in total. The van der Waals surface area contributed by atoms with Gasteiger partial charge in [-0.2, -0.15) is 0 Å². The number of hydrogen-bond acceptors (Lipinski definition) is 2. The molecule has 0 spiro atoms. The molecule has 0 saturated heterocycles. The summed E-state index contributed by atoms with van der Waals surface area (Å²) in [6, 6.07) is 0.544. The Hall–Kier alpha value is -0.0800. The summed E-state index contributed by atoms with van der Waals surface area (Å²) in [6.07, 6.45) is 5.26. The molecule has 2 heteroatoms. The van der Waals surface area contributed by atoms with E-state index in [0.29, 0.717) is 23.0 Å². The van der Waals surface area contributed by atoms with Crippen molar-refractivity contribution in [1.29, 1.82) is 0 Å². The average molecular weight is 241 g/mol. The monoisotopic (exact) mass is 241 g/mol. The van der Waals surface area contributed by atoms with E-state index in [1.165, 1.54) is 19.3 Å². The number of rotatable bonds is 4. The molecule has 0 bridgehead atoms. The standard InChI is InChI=1S/C15H31NO/c1-14(2,3)9-10-17-13-11-15(4,5)8-7-12(13)16-6/h12-13,16H,7-11H2,1-6H3. The Balaban J connectivity index is 2.42. The molecule has 0 aliphatic heterocycles. The quantitative estimate of drug-likeness (QED) is 0.812. The van der Waals surface area contributed by atoms with E-state index in [1.54, 1.807) is 0 Å². The normalized spacial score (nSPS) is 29.3. The Morgan fingerprint density at radius 1 is 1.29 bits per heavy atom. The van der Waals surface area contributed by atoms with Crippen LogP contribution in [-0.2, 0) is 4.74 Å². The van der Waals surface area contributed by atoms with Crippen molar-refractivity contribution < 1.29 is 4.74 Å². The summed E-state index contributed by atoms with van der Waals surface area (Å²) in [5, 5.41) is 3.41. The van der Waals surface area contributed by atoms with Crippen molar-refractivity contribution >= 4 is 0 Å². The second kappa shape index (κ2) is 5.71. The Morgan fingerprint density at radius 3 is 2.47 bits per heavy atom. The Bertz CT molecular complexity index is 230. The van der Waals surface area contributed by atoms with E-state index in [2.05, 4.69) is 47.0 Å². The molecule has 1 N–H and O–H groups in total. The van der Waals surface area contributed by atoms with E-state index in [0.717, 1.165) is 13.0 Å². The van der Waals surface area contributed by atoms with Gasteiger partial charge >= 0.3 is 0 Å². The third-order valence-corrected chi connectivity index (χ3v) is 3.89. The molecule has 0 aromatic heterocycles. The summed E-state index contributed by atoms with van der Waals surface area (Å²) in [5.74, 6) is 0. The summed E-state index contributed by atoms with van der Waals surface area (Å²) in [4.78, 5) is 0. The minimum atomic E-state index is 0.374. The third-order valence-electron chi connectivity index (χ3n) is 3.89.